The molecule has 5 heteroatoms. The van der Waals surface area contributed by atoms with Crippen molar-refractivity contribution < 1.29 is 9.53 Å². The highest BCUT2D eigenvalue weighted by molar-refractivity contribution is 6.31. The summed E-state index contributed by atoms with van der Waals surface area (Å²) in [6.45, 7) is 4.08. The minimum Gasteiger partial charge on any atom is -0.376 e. The van der Waals surface area contributed by atoms with Crippen LogP contribution in [0.5, 0.6) is 0 Å². The van der Waals surface area contributed by atoms with Gasteiger partial charge in [-0.1, -0.05) is 29.8 Å². The Kier molecular flexibility index (Phi) is 3.95. The van der Waals surface area contributed by atoms with E-state index in [1.807, 2.05) is 25.1 Å². The summed E-state index contributed by atoms with van der Waals surface area (Å²) in [4.78, 5) is 15.0. The SMILES string of the molecule is Cc1c(Cl)cccc1C1(Nc2ccc3c(c2)C(=O)N(C2CC2)CC3)COC1. The third-order valence-corrected chi connectivity index (χ3v) is 6.48. The van der Waals surface area contributed by atoms with E-state index in [1.54, 1.807) is 0 Å². The number of ether oxygens (including phenoxy) is 1. The van der Waals surface area contributed by atoms with Crippen molar-refractivity contribution in [3.8, 4) is 0 Å². The van der Waals surface area contributed by atoms with E-state index in [9.17, 15) is 4.79 Å². The van der Waals surface area contributed by atoms with Crippen LogP contribution in [0.3, 0.4) is 0 Å². The smallest absolute Gasteiger partial charge is 0.254 e. The monoisotopic (exact) mass is 382 g/mol. The Morgan fingerprint density at radius 1 is 1.22 bits per heavy atom. The Morgan fingerprint density at radius 3 is 2.74 bits per heavy atom. The minimum absolute atomic E-state index is 0.181. The fraction of sp³-hybridized carbons (Fsp3) is 0.409. The predicted molar refractivity (Wildman–Crippen MR) is 107 cm³/mol. The molecule has 27 heavy (non-hydrogen) atoms. The maximum atomic E-state index is 12.9. The maximum Gasteiger partial charge on any atom is 0.254 e. The van der Waals surface area contributed by atoms with Crippen molar-refractivity contribution in [2.45, 2.75) is 37.8 Å². The van der Waals surface area contributed by atoms with Crippen LogP contribution in [0, 0.1) is 6.92 Å². The topological polar surface area (TPSA) is 41.6 Å². The van der Waals surface area contributed by atoms with Gasteiger partial charge in [-0.05, 0) is 61.1 Å². The van der Waals surface area contributed by atoms with Gasteiger partial charge in [0.05, 0.1) is 13.2 Å². The first kappa shape index (κ1) is 17.1. The molecule has 1 N–H and O–H groups in total. The Morgan fingerprint density at radius 2 is 2.04 bits per heavy atom. The molecule has 2 aliphatic heterocycles. The lowest BCUT2D eigenvalue weighted by Gasteiger charge is -2.44. The summed E-state index contributed by atoms with van der Waals surface area (Å²) in [5, 5.41) is 4.42. The van der Waals surface area contributed by atoms with Gasteiger partial charge < -0.3 is 15.0 Å². The van der Waals surface area contributed by atoms with Gasteiger partial charge in [0.15, 0.2) is 0 Å². The van der Waals surface area contributed by atoms with Gasteiger partial charge in [-0.2, -0.15) is 0 Å². The molecule has 0 unspecified atom stereocenters. The van der Waals surface area contributed by atoms with Crippen LogP contribution in [0.25, 0.3) is 0 Å². The highest BCUT2D eigenvalue weighted by atomic mass is 35.5. The van der Waals surface area contributed by atoms with Gasteiger partial charge in [0.25, 0.3) is 5.91 Å². The third kappa shape index (κ3) is 2.82. The molecule has 3 aliphatic rings. The molecule has 1 aliphatic carbocycles. The highest BCUT2D eigenvalue weighted by Crippen LogP contribution is 2.38. The average molecular weight is 383 g/mol. The molecule has 2 heterocycles. The summed E-state index contributed by atoms with van der Waals surface area (Å²) < 4.78 is 5.57. The molecule has 0 radical (unpaired) electrons. The second-order valence-electron chi connectivity index (χ2n) is 7.96. The lowest BCUT2D eigenvalue weighted by molar-refractivity contribution is -0.0449. The number of hydrogen-bond acceptors (Lipinski definition) is 3. The molecular weight excluding hydrogens is 360 g/mol. The molecule has 1 saturated carbocycles. The molecule has 1 saturated heterocycles. The van der Waals surface area contributed by atoms with Crippen LogP contribution < -0.4 is 5.32 Å². The van der Waals surface area contributed by atoms with Crippen molar-refractivity contribution in [2.24, 2.45) is 0 Å². The molecule has 2 aromatic rings. The zero-order valence-electron chi connectivity index (χ0n) is 15.4. The first-order valence-electron chi connectivity index (χ1n) is 9.63. The van der Waals surface area contributed by atoms with E-state index in [2.05, 4.69) is 28.4 Å². The van der Waals surface area contributed by atoms with Crippen LogP contribution in [0.4, 0.5) is 5.69 Å². The van der Waals surface area contributed by atoms with Gasteiger partial charge in [-0.25, -0.2) is 0 Å². The summed E-state index contributed by atoms with van der Waals surface area (Å²) in [5.41, 5.74) is 4.89. The van der Waals surface area contributed by atoms with Gasteiger partial charge >= 0.3 is 0 Å². The first-order chi connectivity index (χ1) is 13.1. The van der Waals surface area contributed by atoms with Crippen LogP contribution in [0.15, 0.2) is 36.4 Å². The summed E-state index contributed by atoms with van der Waals surface area (Å²) >= 11 is 6.35. The lowest BCUT2D eigenvalue weighted by Crippen LogP contribution is -2.53. The molecule has 1 amide bonds. The van der Waals surface area contributed by atoms with Crippen LogP contribution in [0.1, 0.15) is 39.9 Å². The molecule has 2 aromatic carbocycles. The Bertz CT molecular complexity index is 919. The number of halogens is 1. The first-order valence-corrected chi connectivity index (χ1v) is 10.0. The molecule has 140 valence electrons. The molecule has 0 aromatic heterocycles. The van der Waals surface area contributed by atoms with Crippen molar-refractivity contribution in [3.05, 3.63) is 63.7 Å². The zero-order chi connectivity index (χ0) is 18.6. The van der Waals surface area contributed by atoms with Gasteiger partial charge in [-0.15, -0.1) is 0 Å². The van der Waals surface area contributed by atoms with E-state index in [-0.39, 0.29) is 11.4 Å². The van der Waals surface area contributed by atoms with Gasteiger partial charge in [0.2, 0.25) is 0 Å². The number of hydrogen-bond donors (Lipinski definition) is 1. The van der Waals surface area contributed by atoms with E-state index >= 15 is 0 Å². The van der Waals surface area contributed by atoms with Crippen LogP contribution >= 0.6 is 11.6 Å². The third-order valence-electron chi connectivity index (χ3n) is 6.07. The number of carbonyl (C=O) groups excluding carboxylic acids is 1. The number of amides is 1. The quantitative estimate of drug-likeness (QED) is 0.863. The number of fused-ring (bicyclic) bond motifs is 1. The number of anilines is 1. The molecule has 0 atom stereocenters. The van der Waals surface area contributed by atoms with Crippen molar-refractivity contribution in [2.75, 3.05) is 25.1 Å². The average Bonchev–Trinajstić information content (AvgIpc) is 3.46. The van der Waals surface area contributed by atoms with Gasteiger partial charge in [-0.3, -0.25) is 4.79 Å². The zero-order valence-corrected chi connectivity index (χ0v) is 16.2. The van der Waals surface area contributed by atoms with Crippen LogP contribution in [-0.2, 0) is 16.7 Å². The second-order valence-corrected chi connectivity index (χ2v) is 8.37. The van der Waals surface area contributed by atoms with E-state index < -0.39 is 0 Å². The van der Waals surface area contributed by atoms with Gasteiger partial charge in [0, 0.05) is 28.9 Å². The van der Waals surface area contributed by atoms with Crippen molar-refractivity contribution in [1.82, 2.24) is 4.90 Å². The van der Waals surface area contributed by atoms with Crippen molar-refractivity contribution in [1.29, 1.82) is 0 Å². The number of rotatable bonds is 4. The minimum atomic E-state index is -0.295. The van der Waals surface area contributed by atoms with E-state index in [1.165, 1.54) is 0 Å². The van der Waals surface area contributed by atoms with Crippen LogP contribution in [-0.4, -0.2) is 36.6 Å². The maximum absolute atomic E-state index is 12.9. The van der Waals surface area contributed by atoms with E-state index in [0.29, 0.717) is 19.3 Å². The molecule has 5 rings (SSSR count). The van der Waals surface area contributed by atoms with E-state index in [4.69, 9.17) is 16.3 Å². The summed E-state index contributed by atoms with van der Waals surface area (Å²) in [6, 6.07) is 12.7. The normalized spacial score (nSPS) is 20.8. The Hall–Kier alpha value is -2.04. The fourth-order valence-corrected chi connectivity index (χ4v) is 4.48. The second kappa shape index (κ2) is 6.25. The highest BCUT2D eigenvalue weighted by Gasteiger charge is 2.42. The standard InChI is InChI=1S/C22H23ClN2O2/c1-14-19(3-2-4-20(14)23)22(12-27-13-22)24-16-6-5-15-9-10-25(17-7-8-17)21(26)18(15)11-16/h2-6,11,17,24H,7-10,12-13H2,1H3. The molecule has 0 spiro atoms. The molecule has 0 bridgehead atoms. The largest absolute Gasteiger partial charge is 0.376 e. The summed E-state index contributed by atoms with van der Waals surface area (Å²) in [7, 11) is 0. The number of carbonyl (C=O) groups is 1. The fourth-order valence-electron chi connectivity index (χ4n) is 4.31. The number of benzene rings is 2. The van der Waals surface area contributed by atoms with E-state index in [0.717, 1.165) is 58.8 Å². The van der Waals surface area contributed by atoms with Crippen molar-refractivity contribution >= 4 is 23.2 Å². The van der Waals surface area contributed by atoms with Gasteiger partial charge in [0.1, 0.15) is 5.54 Å². The number of nitrogens with one attached hydrogen (secondary N) is 1. The Balaban J connectivity index is 1.47. The molecule has 4 nitrogen and oxygen atoms in total. The van der Waals surface area contributed by atoms with Crippen LogP contribution in [0.2, 0.25) is 5.02 Å². The summed E-state index contributed by atoms with van der Waals surface area (Å²) in [6.07, 6.45) is 3.24. The Labute approximate surface area is 164 Å². The lowest BCUT2D eigenvalue weighted by atomic mass is 9.84. The number of nitrogens with zero attached hydrogens (tertiary/aromatic N) is 1. The summed E-state index contributed by atoms with van der Waals surface area (Å²) in [5.74, 6) is 0.181. The molecular formula is C22H23ClN2O2. The predicted octanol–water partition coefficient (Wildman–Crippen LogP) is 4.15. The molecule has 2 fully saturated rings. The van der Waals surface area contributed by atoms with Crippen molar-refractivity contribution in [3.63, 3.8) is 0 Å².